The van der Waals surface area contributed by atoms with E-state index in [-0.39, 0.29) is 0 Å². The predicted octanol–water partition coefficient (Wildman–Crippen LogP) is 1.81. The number of hydrogen-bond acceptors (Lipinski definition) is 3. The number of likely N-dealkylation sites (N-methyl/N-ethyl adjacent to an activating group) is 1. The Hall–Kier alpha value is 0.270. The monoisotopic (exact) mass is 216 g/mol. The fraction of sp³-hybridized carbons (Fsp3) is 1.00. The number of nitrogens with one attached hydrogen (secondary N) is 1. The van der Waals surface area contributed by atoms with E-state index in [1.54, 1.807) is 0 Å². The lowest BCUT2D eigenvalue weighted by atomic mass is 10.0. The summed E-state index contributed by atoms with van der Waals surface area (Å²) >= 11 is 1.94. The molecule has 1 rings (SSSR count). The van der Waals surface area contributed by atoms with Crippen LogP contribution in [-0.2, 0) is 0 Å². The van der Waals surface area contributed by atoms with Crippen LogP contribution in [0.1, 0.15) is 26.2 Å². The van der Waals surface area contributed by atoms with Gasteiger partial charge in [0.1, 0.15) is 0 Å². The van der Waals surface area contributed by atoms with Gasteiger partial charge in [-0.1, -0.05) is 13.3 Å². The van der Waals surface area contributed by atoms with E-state index in [2.05, 4.69) is 30.4 Å². The topological polar surface area (TPSA) is 15.3 Å². The lowest BCUT2D eigenvalue weighted by Gasteiger charge is -2.32. The van der Waals surface area contributed by atoms with Crippen LogP contribution in [0.4, 0.5) is 0 Å². The molecule has 0 amide bonds. The smallest absolute Gasteiger partial charge is 0.0217 e. The molecule has 1 fully saturated rings. The molecule has 84 valence electrons. The molecule has 2 unspecified atom stereocenters. The van der Waals surface area contributed by atoms with Gasteiger partial charge in [-0.2, -0.15) is 11.8 Å². The van der Waals surface area contributed by atoms with Gasteiger partial charge in [-0.3, -0.25) is 0 Å². The van der Waals surface area contributed by atoms with Crippen molar-refractivity contribution >= 4 is 11.8 Å². The Bertz CT molecular complexity index is 152. The van der Waals surface area contributed by atoms with Crippen LogP contribution < -0.4 is 5.32 Å². The van der Waals surface area contributed by atoms with E-state index in [0.717, 1.165) is 17.8 Å². The minimum Gasteiger partial charge on any atom is -0.314 e. The fourth-order valence-electron chi connectivity index (χ4n) is 1.94. The molecule has 0 radical (unpaired) electrons. The van der Waals surface area contributed by atoms with Gasteiger partial charge in [-0.25, -0.2) is 0 Å². The second-order valence-electron chi connectivity index (χ2n) is 4.33. The van der Waals surface area contributed by atoms with E-state index in [1.165, 1.54) is 32.4 Å². The first-order valence-corrected chi connectivity index (χ1v) is 6.96. The van der Waals surface area contributed by atoms with Crippen molar-refractivity contribution in [2.75, 3.05) is 32.9 Å². The first kappa shape index (κ1) is 12.3. The molecule has 3 heteroatoms. The Morgan fingerprint density at radius 2 is 2.29 bits per heavy atom. The Morgan fingerprint density at radius 1 is 1.50 bits per heavy atom. The molecule has 0 saturated carbocycles. The van der Waals surface area contributed by atoms with Crippen LogP contribution >= 0.6 is 11.8 Å². The molecule has 2 nitrogen and oxygen atoms in total. The number of piperidine rings is 1. The van der Waals surface area contributed by atoms with E-state index in [1.807, 2.05) is 11.8 Å². The van der Waals surface area contributed by atoms with Gasteiger partial charge in [-0.05, 0) is 32.7 Å². The summed E-state index contributed by atoms with van der Waals surface area (Å²) in [6.45, 7) is 5.87. The van der Waals surface area contributed by atoms with E-state index >= 15 is 0 Å². The minimum absolute atomic E-state index is 0.740. The van der Waals surface area contributed by atoms with Crippen molar-refractivity contribution in [3.05, 3.63) is 0 Å². The lowest BCUT2D eigenvalue weighted by molar-refractivity contribution is 0.182. The molecule has 0 aromatic heterocycles. The molecule has 1 aliphatic heterocycles. The van der Waals surface area contributed by atoms with Crippen molar-refractivity contribution in [1.82, 2.24) is 10.2 Å². The fourth-order valence-corrected chi connectivity index (χ4v) is 2.22. The zero-order chi connectivity index (χ0) is 10.4. The van der Waals surface area contributed by atoms with Crippen LogP contribution in [0.2, 0.25) is 0 Å². The van der Waals surface area contributed by atoms with Crippen molar-refractivity contribution in [3.8, 4) is 0 Å². The summed E-state index contributed by atoms with van der Waals surface area (Å²) in [5, 5.41) is 4.31. The van der Waals surface area contributed by atoms with E-state index in [9.17, 15) is 0 Å². The summed E-state index contributed by atoms with van der Waals surface area (Å²) in [6.07, 6.45) is 6.35. The number of rotatable bonds is 5. The number of likely N-dealkylation sites (tertiary alicyclic amines) is 1. The average molecular weight is 216 g/mol. The predicted molar refractivity (Wildman–Crippen MR) is 66.1 cm³/mol. The van der Waals surface area contributed by atoms with Gasteiger partial charge in [-0.15, -0.1) is 0 Å². The van der Waals surface area contributed by atoms with Crippen molar-refractivity contribution in [2.45, 2.75) is 37.5 Å². The Balaban J connectivity index is 2.10. The maximum absolute atomic E-state index is 3.57. The molecule has 0 bridgehead atoms. The zero-order valence-corrected chi connectivity index (χ0v) is 10.6. The molecule has 1 saturated heterocycles. The Kier molecular flexibility index (Phi) is 5.90. The van der Waals surface area contributed by atoms with Gasteiger partial charge in [0.25, 0.3) is 0 Å². The van der Waals surface area contributed by atoms with Gasteiger partial charge >= 0.3 is 0 Å². The molecule has 0 aliphatic carbocycles. The third-order valence-corrected chi connectivity index (χ3v) is 4.11. The van der Waals surface area contributed by atoms with Gasteiger partial charge < -0.3 is 10.2 Å². The van der Waals surface area contributed by atoms with Crippen LogP contribution in [0.5, 0.6) is 0 Å². The molecule has 0 aromatic carbocycles. The summed E-state index contributed by atoms with van der Waals surface area (Å²) in [7, 11) is 2.25. The van der Waals surface area contributed by atoms with Gasteiger partial charge in [0.15, 0.2) is 0 Å². The highest BCUT2D eigenvalue weighted by atomic mass is 32.2. The number of nitrogens with zero attached hydrogens (tertiary/aromatic N) is 1. The van der Waals surface area contributed by atoms with Crippen LogP contribution in [0, 0.1) is 0 Å². The minimum atomic E-state index is 0.740. The highest BCUT2D eigenvalue weighted by molar-refractivity contribution is 7.99. The van der Waals surface area contributed by atoms with E-state index in [4.69, 9.17) is 0 Å². The van der Waals surface area contributed by atoms with Crippen LogP contribution in [0.15, 0.2) is 0 Å². The van der Waals surface area contributed by atoms with Gasteiger partial charge in [0.05, 0.1) is 0 Å². The Morgan fingerprint density at radius 3 is 2.93 bits per heavy atom. The maximum Gasteiger partial charge on any atom is 0.0217 e. The average Bonchev–Trinajstić information content (AvgIpc) is 2.20. The van der Waals surface area contributed by atoms with Crippen molar-refractivity contribution in [3.63, 3.8) is 0 Å². The molecule has 2 atom stereocenters. The van der Waals surface area contributed by atoms with E-state index in [0.29, 0.717) is 0 Å². The van der Waals surface area contributed by atoms with Crippen molar-refractivity contribution < 1.29 is 0 Å². The molecule has 0 spiro atoms. The third-order valence-electron chi connectivity index (χ3n) is 3.14. The zero-order valence-electron chi connectivity index (χ0n) is 9.75. The molecule has 14 heavy (non-hydrogen) atoms. The SMILES string of the molecule is CSC(C)CNCC1CCCCN1C. The summed E-state index contributed by atoms with van der Waals surface area (Å²) in [5.41, 5.74) is 0. The number of thioether (sulfide) groups is 1. The van der Waals surface area contributed by atoms with Crippen molar-refractivity contribution in [1.29, 1.82) is 0 Å². The van der Waals surface area contributed by atoms with Gasteiger partial charge in [0.2, 0.25) is 0 Å². The molecule has 1 N–H and O–H groups in total. The first-order chi connectivity index (χ1) is 6.74. The quantitative estimate of drug-likeness (QED) is 0.754. The third kappa shape index (κ3) is 4.20. The summed E-state index contributed by atoms with van der Waals surface area (Å²) in [6, 6.07) is 0.776. The van der Waals surface area contributed by atoms with Crippen LogP contribution in [0.3, 0.4) is 0 Å². The lowest BCUT2D eigenvalue weighted by Crippen LogP contribution is -2.44. The normalized spacial score (nSPS) is 26.4. The molecular weight excluding hydrogens is 192 g/mol. The first-order valence-electron chi connectivity index (χ1n) is 5.67. The molecule has 1 aliphatic rings. The largest absolute Gasteiger partial charge is 0.314 e. The van der Waals surface area contributed by atoms with E-state index < -0.39 is 0 Å². The molecule has 0 aromatic rings. The van der Waals surface area contributed by atoms with Gasteiger partial charge in [0, 0.05) is 24.4 Å². The standard InChI is InChI=1S/C11H24N2S/c1-10(14-3)8-12-9-11-6-4-5-7-13(11)2/h10-12H,4-9H2,1-3H3. The second-order valence-corrected chi connectivity index (χ2v) is 5.61. The van der Waals surface area contributed by atoms with Crippen molar-refractivity contribution in [2.24, 2.45) is 0 Å². The highest BCUT2D eigenvalue weighted by Gasteiger charge is 2.17. The number of hydrogen-bond donors (Lipinski definition) is 1. The second kappa shape index (κ2) is 6.70. The van der Waals surface area contributed by atoms with Crippen LogP contribution in [-0.4, -0.2) is 49.1 Å². The molecule has 1 heterocycles. The summed E-state index contributed by atoms with van der Waals surface area (Å²) in [5.74, 6) is 0. The Labute approximate surface area is 92.8 Å². The highest BCUT2D eigenvalue weighted by Crippen LogP contribution is 2.14. The maximum atomic E-state index is 3.57. The summed E-state index contributed by atoms with van der Waals surface area (Å²) < 4.78 is 0. The summed E-state index contributed by atoms with van der Waals surface area (Å²) in [4.78, 5) is 2.50. The molecular formula is C11H24N2S. The van der Waals surface area contributed by atoms with Crippen LogP contribution in [0.25, 0.3) is 0 Å².